The second-order valence-corrected chi connectivity index (χ2v) is 8.82. The van der Waals surface area contributed by atoms with Crippen molar-refractivity contribution in [1.82, 2.24) is 20.0 Å². The van der Waals surface area contributed by atoms with E-state index >= 15 is 0 Å². The van der Waals surface area contributed by atoms with E-state index in [0.717, 1.165) is 4.68 Å². The second kappa shape index (κ2) is 8.43. The highest BCUT2D eigenvalue weighted by atomic mass is 79.9. The molecule has 1 aromatic carbocycles. The number of halogens is 5. The first kappa shape index (κ1) is 23.0. The Hall–Kier alpha value is -2.71. The Morgan fingerprint density at radius 3 is 2.29 bits per heavy atom. The number of alkyl halides is 3. The number of carbonyl (C=O) groups is 1. The molecule has 0 saturated carbocycles. The zero-order valence-electron chi connectivity index (χ0n) is 15.3. The number of aromatic nitrogens is 4. The third kappa shape index (κ3) is 5.14. The summed E-state index contributed by atoms with van der Waals surface area (Å²) < 4.78 is 66.1. The van der Waals surface area contributed by atoms with Crippen LogP contribution in [0, 0.1) is 0 Å². The minimum Gasteiger partial charge on any atom is -0.321 e. The number of hydrogen-bond acceptors (Lipinski definition) is 6. The molecule has 31 heavy (non-hydrogen) atoms. The summed E-state index contributed by atoms with van der Waals surface area (Å²) in [4.78, 5) is 12.3. The maximum Gasteiger partial charge on any atom is 0.436 e. The van der Waals surface area contributed by atoms with Crippen LogP contribution in [0.2, 0.25) is 5.15 Å². The van der Waals surface area contributed by atoms with Crippen molar-refractivity contribution in [2.75, 3.05) is 10.0 Å². The van der Waals surface area contributed by atoms with E-state index in [4.69, 9.17) is 11.6 Å². The monoisotopic (exact) mass is 538 g/mol. The summed E-state index contributed by atoms with van der Waals surface area (Å²) >= 11 is 8.35. The van der Waals surface area contributed by atoms with Crippen LogP contribution in [0.15, 0.2) is 45.8 Å². The summed E-state index contributed by atoms with van der Waals surface area (Å²) in [6.07, 6.45) is -4.74. The molecule has 0 saturated heterocycles. The number of hydrogen-bond donors (Lipinski definition) is 2. The summed E-state index contributed by atoms with van der Waals surface area (Å²) in [5.41, 5.74) is -1.44. The van der Waals surface area contributed by atoms with Gasteiger partial charge in [0.1, 0.15) is 5.69 Å². The summed E-state index contributed by atoms with van der Waals surface area (Å²) in [5.74, 6) is -0.925. The number of aryl methyl sites for hydroxylation is 1. The van der Waals surface area contributed by atoms with Gasteiger partial charge in [-0.1, -0.05) is 11.6 Å². The smallest absolute Gasteiger partial charge is 0.321 e. The van der Waals surface area contributed by atoms with E-state index in [1.807, 2.05) is 0 Å². The Morgan fingerprint density at radius 1 is 1.13 bits per heavy atom. The lowest BCUT2D eigenvalue weighted by molar-refractivity contribution is -0.142. The van der Waals surface area contributed by atoms with Gasteiger partial charge in [0.2, 0.25) is 0 Å². The number of rotatable bonds is 5. The maximum absolute atomic E-state index is 12.9. The van der Waals surface area contributed by atoms with E-state index in [1.165, 1.54) is 43.4 Å². The predicted molar refractivity (Wildman–Crippen MR) is 108 cm³/mol. The highest BCUT2D eigenvalue weighted by Crippen LogP contribution is 2.35. The molecule has 15 heteroatoms. The summed E-state index contributed by atoms with van der Waals surface area (Å²) in [6.45, 7) is 0. The van der Waals surface area contributed by atoms with Gasteiger partial charge in [-0.25, -0.2) is 8.42 Å². The maximum atomic E-state index is 12.9. The Morgan fingerprint density at radius 2 is 1.77 bits per heavy atom. The number of sulfonamides is 1. The molecule has 3 rings (SSSR count). The average Bonchev–Trinajstić information content (AvgIpc) is 2.98. The van der Waals surface area contributed by atoms with Crippen LogP contribution in [-0.4, -0.2) is 34.3 Å². The molecule has 9 nitrogen and oxygen atoms in total. The molecule has 0 bridgehead atoms. The lowest BCUT2D eigenvalue weighted by atomic mass is 10.3. The Balaban J connectivity index is 1.77. The van der Waals surface area contributed by atoms with Crippen LogP contribution in [-0.2, 0) is 23.2 Å². The van der Waals surface area contributed by atoms with Gasteiger partial charge in [0.05, 0.1) is 9.37 Å². The van der Waals surface area contributed by atoms with Gasteiger partial charge < -0.3 is 5.32 Å². The molecular weight excluding hydrogens is 529 g/mol. The highest BCUT2D eigenvalue weighted by molar-refractivity contribution is 9.10. The van der Waals surface area contributed by atoms with Crippen LogP contribution in [0.4, 0.5) is 24.7 Å². The second-order valence-electron chi connectivity index (χ2n) is 5.96. The van der Waals surface area contributed by atoms with Crippen molar-refractivity contribution in [3.05, 3.63) is 57.4 Å². The Kier molecular flexibility index (Phi) is 6.25. The third-order valence-electron chi connectivity index (χ3n) is 3.77. The SMILES string of the molecule is Cn1nc(C(F)(F)F)c(Br)c1C(=O)Nc1ccc(S(=O)(=O)Nc2ccc(Cl)nn2)cc1. The van der Waals surface area contributed by atoms with Crippen LogP contribution < -0.4 is 10.0 Å². The van der Waals surface area contributed by atoms with Crippen molar-refractivity contribution in [2.45, 2.75) is 11.1 Å². The van der Waals surface area contributed by atoms with Crippen molar-refractivity contribution in [3.63, 3.8) is 0 Å². The van der Waals surface area contributed by atoms with Gasteiger partial charge in [-0.05, 0) is 52.3 Å². The molecule has 0 fully saturated rings. The normalized spacial score (nSPS) is 11.9. The first-order valence-electron chi connectivity index (χ1n) is 8.11. The third-order valence-corrected chi connectivity index (χ3v) is 6.09. The van der Waals surface area contributed by atoms with E-state index in [2.05, 4.69) is 41.3 Å². The predicted octanol–water partition coefficient (Wildman–Crippen LogP) is 3.70. The molecular formula is C16H11BrClF3N6O3S. The molecule has 164 valence electrons. The van der Waals surface area contributed by atoms with Gasteiger partial charge in [0.25, 0.3) is 15.9 Å². The van der Waals surface area contributed by atoms with Crippen molar-refractivity contribution in [3.8, 4) is 0 Å². The zero-order chi connectivity index (χ0) is 23.0. The van der Waals surface area contributed by atoms with E-state index < -0.39 is 32.3 Å². The number of carbonyl (C=O) groups excluding carboxylic acids is 1. The molecule has 0 unspecified atom stereocenters. The first-order valence-corrected chi connectivity index (χ1v) is 10.8. The van der Waals surface area contributed by atoms with E-state index in [1.54, 1.807) is 0 Å². The first-order chi connectivity index (χ1) is 14.4. The minimum absolute atomic E-state index is 0.0525. The molecule has 0 radical (unpaired) electrons. The number of anilines is 2. The van der Waals surface area contributed by atoms with Crippen LogP contribution in [0.3, 0.4) is 0 Å². The molecule has 0 spiro atoms. The van der Waals surface area contributed by atoms with E-state index in [9.17, 15) is 26.4 Å². The van der Waals surface area contributed by atoms with Gasteiger partial charge in [-0.3, -0.25) is 14.2 Å². The summed E-state index contributed by atoms with van der Waals surface area (Å²) in [7, 11) is -2.81. The summed E-state index contributed by atoms with van der Waals surface area (Å²) in [6, 6.07) is 7.61. The number of amides is 1. The average molecular weight is 540 g/mol. The van der Waals surface area contributed by atoms with Crippen LogP contribution in [0.25, 0.3) is 0 Å². The molecule has 2 aromatic heterocycles. The molecule has 0 aliphatic heterocycles. The molecule has 0 aliphatic carbocycles. The number of nitrogens with zero attached hydrogens (tertiary/aromatic N) is 4. The van der Waals surface area contributed by atoms with Gasteiger partial charge in [-0.15, -0.1) is 10.2 Å². The van der Waals surface area contributed by atoms with Crippen molar-refractivity contribution in [2.24, 2.45) is 7.05 Å². The highest BCUT2D eigenvalue weighted by Gasteiger charge is 2.39. The van der Waals surface area contributed by atoms with Crippen molar-refractivity contribution >= 4 is 55.0 Å². The standard InChI is InChI=1S/C16H11BrClF3N6O3S/c1-27-13(12(17)14(25-27)16(19,20)21)15(28)22-8-2-4-9(5-3-8)31(29,30)26-11-7-6-10(18)23-24-11/h2-7H,1H3,(H,22,28)(H,24,26). The summed E-state index contributed by atoms with van der Waals surface area (Å²) in [5, 5.41) is 12.9. The number of benzene rings is 1. The minimum atomic E-state index is -4.74. The van der Waals surface area contributed by atoms with E-state index in [-0.39, 0.29) is 27.2 Å². The lowest BCUT2D eigenvalue weighted by Gasteiger charge is -2.09. The molecule has 2 heterocycles. The largest absolute Gasteiger partial charge is 0.436 e. The van der Waals surface area contributed by atoms with Gasteiger partial charge in [0, 0.05) is 12.7 Å². The quantitative estimate of drug-likeness (QED) is 0.510. The molecule has 3 aromatic rings. The molecule has 0 aliphatic rings. The van der Waals surface area contributed by atoms with Crippen LogP contribution >= 0.6 is 27.5 Å². The fraction of sp³-hybridized carbons (Fsp3) is 0.125. The van der Waals surface area contributed by atoms with Crippen molar-refractivity contribution < 1.29 is 26.4 Å². The molecule has 2 N–H and O–H groups in total. The van der Waals surface area contributed by atoms with Gasteiger partial charge in [-0.2, -0.15) is 18.3 Å². The van der Waals surface area contributed by atoms with Crippen LogP contribution in [0.5, 0.6) is 0 Å². The zero-order valence-corrected chi connectivity index (χ0v) is 18.4. The Labute approximate surface area is 186 Å². The topological polar surface area (TPSA) is 119 Å². The van der Waals surface area contributed by atoms with Gasteiger partial charge in [0.15, 0.2) is 16.7 Å². The van der Waals surface area contributed by atoms with E-state index in [0.29, 0.717) is 0 Å². The Bertz CT molecular complexity index is 1230. The van der Waals surface area contributed by atoms with Gasteiger partial charge >= 0.3 is 6.18 Å². The van der Waals surface area contributed by atoms with Crippen LogP contribution in [0.1, 0.15) is 16.2 Å². The van der Waals surface area contributed by atoms with Crippen molar-refractivity contribution in [1.29, 1.82) is 0 Å². The fourth-order valence-electron chi connectivity index (χ4n) is 2.40. The molecule has 1 amide bonds. The fourth-order valence-corrected chi connectivity index (χ4v) is 4.24. The lowest BCUT2D eigenvalue weighted by Crippen LogP contribution is -2.17. The number of nitrogens with one attached hydrogen (secondary N) is 2. The molecule has 0 atom stereocenters.